The molecule has 0 N–H and O–H groups in total. The summed E-state index contributed by atoms with van der Waals surface area (Å²) in [5, 5.41) is 3.37. The molecule has 2 aromatic carbocycles. The molecule has 0 fully saturated rings. The maximum Gasteiger partial charge on any atom is 0.145 e. The molecule has 5 rings (SSSR count). The van der Waals surface area contributed by atoms with Crippen molar-refractivity contribution >= 4 is 31.7 Å². The van der Waals surface area contributed by atoms with Gasteiger partial charge in [-0.25, -0.2) is 0 Å². The predicted octanol–water partition coefficient (Wildman–Crippen LogP) is 6.44. The molecule has 0 saturated carbocycles. The van der Waals surface area contributed by atoms with Crippen molar-refractivity contribution < 1.29 is 21.1 Å². The summed E-state index contributed by atoms with van der Waals surface area (Å²) in [5.74, 6) is 0. The molecule has 0 bridgehead atoms. The number of benzene rings is 2. The van der Waals surface area contributed by atoms with Gasteiger partial charge in [-0.05, 0) is 6.07 Å². The summed E-state index contributed by atoms with van der Waals surface area (Å²) in [6, 6.07) is 28.6. The first-order valence-corrected chi connectivity index (χ1v) is 16.4. The maximum absolute atomic E-state index is 14.4. The van der Waals surface area contributed by atoms with Gasteiger partial charge < -0.3 is 4.57 Å². The Morgan fingerprint density at radius 3 is 2.19 bits per heavy atom. The molecule has 187 valence electrons. The van der Waals surface area contributed by atoms with Gasteiger partial charge in [-0.15, -0.1) is 24.3 Å². The number of fused-ring (bicyclic) bond motifs is 3. The minimum absolute atomic E-state index is 0. The van der Waals surface area contributed by atoms with Gasteiger partial charge in [0.25, 0.3) is 0 Å². The van der Waals surface area contributed by atoms with Crippen LogP contribution < -0.4 is 15.8 Å². The van der Waals surface area contributed by atoms with Crippen molar-refractivity contribution in [1.29, 1.82) is 0 Å². The van der Waals surface area contributed by atoms with Crippen LogP contribution in [0.15, 0.2) is 72.9 Å². The van der Waals surface area contributed by atoms with E-state index in [4.69, 9.17) is 4.98 Å². The van der Waals surface area contributed by atoms with Gasteiger partial charge in [0.05, 0.1) is 14.5 Å². The molecule has 2 aromatic heterocycles. The van der Waals surface area contributed by atoms with Crippen LogP contribution in [-0.4, -0.2) is 24.9 Å². The zero-order chi connectivity index (χ0) is 24.4. The average molecular weight is 553 g/mol. The number of nitrogens with zero attached hydrogens (tertiary/aromatic N) is 2. The molecule has 1 radical (unpaired) electrons. The van der Waals surface area contributed by atoms with Crippen LogP contribution in [0.5, 0.6) is 0 Å². The molecule has 0 aliphatic carbocycles. The van der Waals surface area contributed by atoms with Crippen LogP contribution in [0, 0.1) is 6.07 Å². The van der Waals surface area contributed by atoms with Crippen molar-refractivity contribution in [1.82, 2.24) is 9.97 Å². The largest absolute Gasteiger partial charge is 0.314 e. The summed E-state index contributed by atoms with van der Waals surface area (Å²) in [7, 11) is -3.41. The fourth-order valence-corrected chi connectivity index (χ4v) is 10.9. The number of rotatable bonds is 8. The molecule has 6 heteroatoms. The first kappa shape index (κ1) is 26.7. The minimum atomic E-state index is -2.67. The van der Waals surface area contributed by atoms with Crippen molar-refractivity contribution in [3.8, 4) is 33.8 Å². The molecule has 1 unspecified atom stereocenters. The molecule has 0 spiro atoms. The van der Waals surface area contributed by atoms with E-state index in [9.17, 15) is 4.57 Å². The second-order valence-corrected chi connectivity index (χ2v) is 14.9. The minimum Gasteiger partial charge on any atom is -0.314 e. The molecule has 1 aliphatic rings. The second-order valence-electron chi connectivity index (χ2n) is 9.12. The molecule has 1 aliphatic heterocycles. The number of hydrogen-bond donors (Lipinski definition) is 0. The van der Waals surface area contributed by atoms with Crippen LogP contribution in [0.1, 0.15) is 33.6 Å². The summed E-state index contributed by atoms with van der Waals surface area (Å²) in [5.41, 5.74) is 5.75. The monoisotopic (exact) mass is 552 g/mol. The van der Waals surface area contributed by atoms with Gasteiger partial charge in [-0.2, -0.15) is 0 Å². The van der Waals surface area contributed by atoms with Crippen LogP contribution >= 0.6 is 7.14 Å². The first-order chi connectivity index (χ1) is 17.1. The topological polar surface area (TPSA) is 42.9 Å². The van der Waals surface area contributed by atoms with E-state index in [-0.39, 0.29) is 16.5 Å². The van der Waals surface area contributed by atoms with Crippen LogP contribution in [0.4, 0.5) is 0 Å². The number of aromatic nitrogens is 2. The van der Waals surface area contributed by atoms with Crippen molar-refractivity contribution in [2.24, 2.45) is 0 Å². The van der Waals surface area contributed by atoms with E-state index in [1.807, 2.05) is 49.4 Å². The predicted molar refractivity (Wildman–Crippen MR) is 150 cm³/mol. The van der Waals surface area contributed by atoms with E-state index in [1.54, 1.807) is 6.20 Å². The van der Waals surface area contributed by atoms with E-state index in [0.717, 1.165) is 38.8 Å². The summed E-state index contributed by atoms with van der Waals surface area (Å²) < 4.78 is 14.4. The number of pyridine rings is 2. The Bertz CT molecular complexity index is 1400. The smallest absolute Gasteiger partial charge is 0.145 e. The molecule has 1 atom stereocenters. The fraction of sp³-hybridized carbons (Fsp3) is 0.267. The van der Waals surface area contributed by atoms with E-state index in [1.165, 1.54) is 35.7 Å². The molecule has 4 aromatic rings. The Kier molecular flexibility index (Phi) is 8.45. The molecule has 0 saturated heterocycles. The van der Waals surface area contributed by atoms with Crippen LogP contribution in [0.3, 0.4) is 0 Å². The SMILES string of the molecule is CCC[Si](CCC)c1cccc2c1-c1nc(-c3[c-]c(-c4ccccn4)ccc3)ccc1P2(=O)CC.[Ni]. The Labute approximate surface area is 226 Å². The first-order valence-electron chi connectivity index (χ1n) is 12.6. The van der Waals surface area contributed by atoms with Crippen LogP contribution in [-0.2, 0) is 21.1 Å². The van der Waals surface area contributed by atoms with Gasteiger partial charge in [0.1, 0.15) is 7.14 Å². The third-order valence-electron chi connectivity index (χ3n) is 6.87. The molecule has 36 heavy (non-hydrogen) atoms. The van der Waals surface area contributed by atoms with E-state index in [2.05, 4.69) is 49.2 Å². The summed E-state index contributed by atoms with van der Waals surface area (Å²) in [6.07, 6.45) is 4.79. The Balaban J connectivity index is 0.00000304. The van der Waals surface area contributed by atoms with Gasteiger partial charge in [0.15, 0.2) is 0 Å². The van der Waals surface area contributed by atoms with Gasteiger partial charge in [0.2, 0.25) is 0 Å². The van der Waals surface area contributed by atoms with Gasteiger partial charge in [-0.1, -0.05) is 104 Å². The Hall–Kier alpha value is -2.32. The summed E-state index contributed by atoms with van der Waals surface area (Å²) in [4.78, 5) is 9.68. The van der Waals surface area contributed by atoms with E-state index >= 15 is 0 Å². The summed E-state index contributed by atoms with van der Waals surface area (Å²) >= 11 is 0. The van der Waals surface area contributed by atoms with Crippen LogP contribution in [0.2, 0.25) is 12.1 Å². The fourth-order valence-electron chi connectivity index (χ4n) is 5.22. The molecule has 3 heterocycles. The zero-order valence-electron chi connectivity index (χ0n) is 21.0. The van der Waals surface area contributed by atoms with Crippen molar-refractivity contribution in [3.63, 3.8) is 0 Å². The molecular weight excluding hydrogens is 522 g/mol. The maximum atomic E-state index is 14.4. The van der Waals surface area contributed by atoms with Gasteiger partial charge in [-0.3, -0.25) is 9.97 Å². The summed E-state index contributed by atoms with van der Waals surface area (Å²) in [6.45, 7) is 6.60. The standard InChI is InChI=1S/C30H31N2OPSi.Ni/c1-4-19-35(20-5-2)28-15-10-14-26-29(28)30-27(34(26,33)6-3)17-16-25(32-30)23-12-9-11-22(21-23)24-13-7-8-18-31-24;/h7-18H,4-6,19-20H2,1-3H3;/q-1;. The zero-order valence-corrected chi connectivity index (χ0v) is 23.9. The van der Waals surface area contributed by atoms with E-state index < -0.39 is 15.9 Å². The van der Waals surface area contributed by atoms with Crippen molar-refractivity contribution in [2.75, 3.05) is 6.16 Å². The molecular formula is C30H31N2NiOPSi-. The quantitative estimate of drug-likeness (QED) is 0.143. The van der Waals surface area contributed by atoms with Crippen LogP contribution in [0.25, 0.3) is 33.8 Å². The van der Waals surface area contributed by atoms with Gasteiger partial charge >= 0.3 is 0 Å². The molecule has 0 amide bonds. The Morgan fingerprint density at radius 1 is 0.806 bits per heavy atom. The van der Waals surface area contributed by atoms with Crippen molar-refractivity contribution in [3.05, 3.63) is 79.0 Å². The van der Waals surface area contributed by atoms with E-state index in [0.29, 0.717) is 6.16 Å². The third kappa shape index (κ3) is 4.70. The van der Waals surface area contributed by atoms with Crippen molar-refractivity contribution in [2.45, 2.75) is 45.7 Å². The second kappa shape index (κ2) is 11.4. The number of hydrogen-bond acceptors (Lipinski definition) is 3. The van der Waals surface area contributed by atoms with Gasteiger partial charge in [0, 0.05) is 56.4 Å². The normalized spacial score (nSPS) is 15.9. The average Bonchev–Trinajstić information content (AvgIpc) is 3.17. The third-order valence-corrected chi connectivity index (χ3v) is 13.4. The molecule has 3 nitrogen and oxygen atoms in total. The Morgan fingerprint density at radius 2 is 1.53 bits per heavy atom.